The van der Waals surface area contributed by atoms with Gasteiger partial charge in [-0.15, -0.1) is 0 Å². The summed E-state index contributed by atoms with van der Waals surface area (Å²) >= 11 is 0.955. The Kier molecular flexibility index (Phi) is 6.24. The Morgan fingerprint density at radius 1 is 1.06 bits per heavy atom. The van der Waals surface area contributed by atoms with Gasteiger partial charge in [0, 0.05) is 24.9 Å². The maximum atomic E-state index is 14.2. The molecule has 6 nitrogen and oxygen atoms in total. The van der Waals surface area contributed by atoms with Crippen molar-refractivity contribution < 1.29 is 22.0 Å². The standard InChI is InChI=1S/C22H17F2N3O3S2/c23-16-11-18(24)21-19(12-16)31-22(26-21)27(14-15-5-4-9-25-13-15)20(28)8-10-32(29,30)17-6-2-1-3-7-17/h1-7,9,11-13H,8,10,14H2. The first-order valence-electron chi connectivity index (χ1n) is 9.56. The van der Waals surface area contributed by atoms with Gasteiger partial charge in [0.1, 0.15) is 11.3 Å². The molecule has 0 aliphatic rings. The number of carbonyl (C=O) groups is 1. The molecule has 10 heteroatoms. The minimum Gasteiger partial charge on any atom is -0.284 e. The number of nitrogens with zero attached hydrogens (tertiary/aromatic N) is 3. The number of hydrogen-bond donors (Lipinski definition) is 0. The van der Waals surface area contributed by atoms with E-state index in [1.54, 1.807) is 42.7 Å². The monoisotopic (exact) mass is 473 g/mol. The van der Waals surface area contributed by atoms with Gasteiger partial charge in [0.2, 0.25) is 5.91 Å². The van der Waals surface area contributed by atoms with E-state index in [1.165, 1.54) is 17.0 Å². The quantitative estimate of drug-likeness (QED) is 0.398. The van der Waals surface area contributed by atoms with E-state index in [-0.39, 0.29) is 33.2 Å². The fourth-order valence-corrected chi connectivity index (χ4v) is 5.37. The SMILES string of the molecule is O=C(CCS(=O)(=O)c1ccccc1)N(Cc1cccnc1)c1nc2c(F)cc(F)cc2s1. The van der Waals surface area contributed by atoms with E-state index < -0.39 is 33.1 Å². The molecule has 0 spiro atoms. The van der Waals surface area contributed by atoms with Crippen molar-refractivity contribution in [3.63, 3.8) is 0 Å². The topological polar surface area (TPSA) is 80.2 Å². The summed E-state index contributed by atoms with van der Waals surface area (Å²) < 4.78 is 53.2. The predicted molar refractivity (Wildman–Crippen MR) is 118 cm³/mol. The van der Waals surface area contributed by atoms with Gasteiger partial charge in [-0.25, -0.2) is 22.2 Å². The zero-order valence-corrected chi connectivity index (χ0v) is 18.2. The smallest absolute Gasteiger partial charge is 0.230 e. The number of carbonyl (C=O) groups excluding carboxylic acids is 1. The Hall–Kier alpha value is -3.24. The van der Waals surface area contributed by atoms with Crippen LogP contribution in [0.15, 0.2) is 71.9 Å². The van der Waals surface area contributed by atoms with Crippen molar-refractivity contribution in [1.82, 2.24) is 9.97 Å². The summed E-state index contributed by atoms with van der Waals surface area (Å²) in [5, 5.41) is 0.149. The van der Waals surface area contributed by atoms with Crippen molar-refractivity contribution >= 4 is 42.4 Å². The van der Waals surface area contributed by atoms with Crippen LogP contribution in [0.5, 0.6) is 0 Å². The van der Waals surface area contributed by atoms with Crippen LogP contribution in [0.4, 0.5) is 13.9 Å². The molecular formula is C22H17F2N3O3S2. The summed E-state index contributed by atoms with van der Waals surface area (Å²) in [6, 6.07) is 13.2. The Balaban J connectivity index is 1.64. The third-order valence-electron chi connectivity index (χ3n) is 4.68. The minimum atomic E-state index is -3.67. The molecule has 4 rings (SSSR count). The second kappa shape index (κ2) is 9.09. The molecule has 0 bridgehead atoms. The third kappa shape index (κ3) is 4.81. The maximum absolute atomic E-state index is 14.2. The van der Waals surface area contributed by atoms with E-state index in [0.29, 0.717) is 5.56 Å². The molecule has 2 heterocycles. The van der Waals surface area contributed by atoms with Crippen molar-refractivity contribution in [2.45, 2.75) is 17.9 Å². The lowest BCUT2D eigenvalue weighted by molar-refractivity contribution is -0.118. The molecule has 0 N–H and O–H groups in total. The van der Waals surface area contributed by atoms with Crippen LogP contribution in [0.25, 0.3) is 10.2 Å². The van der Waals surface area contributed by atoms with Crippen LogP contribution >= 0.6 is 11.3 Å². The first-order valence-corrected chi connectivity index (χ1v) is 12.0. The van der Waals surface area contributed by atoms with Crippen molar-refractivity contribution in [3.8, 4) is 0 Å². The van der Waals surface area contributed by atoms with Gasteiger partial charge < -0.3 is 0 Å². The van der Waals surface area contributed by atoms with Gasteiger partial charge in [0.15, 0.2) is 20.8 Å². The number of aromatic nitrogens is 2. The van der Waals surface area contributed by atoms with Crippen molar-refractivity contribution in [2.75, 3.05) is 10.7 Å². The highest BCUT2D eigenvalue weighted by molar-refractivity contribution is 7.91. The van der Waals surface area contributed by atoms with Gasteiger partial charge >= 0.3 is 0 Å². The van der Waals surface area contributed by atoms with Gasteiger partial charge in [-0.05, 0) is 29.8 Å². The van der Waals surface area contributed by atoms with Gasteiger partial charge in [0.25, 0.3) is 0 Å². The van der Waals surface area contributed by atoms with E-state index >= 15 is 0 Å². The molecule has 0 radical (unpaired) electrons. The van der Waals surface area contributed by atoms with E-state index in [2.05, 4.69) is 9.97 Å². The normalized spacial score (nSPS) is 11.6. The van der Waals surface area contributed by atoms with E-state index in [4.69, 9.17) is 0 Å². The number of hydrogen-bond acceptors (Lipinski definition) is 6. The highest BCUT2D eigenvalue weighted by atomic mass is 32.2. The molecule has 32 heavy (non-hydrogen) atoms. The number of rotatable bonds is 7. The molecule has 164 valence electrons. The molecule has 0 atom stereocenters. The average molecular weight is 474 g/mol. The zero-order valence-electron chi connectivity index (χ0n) is 16.6. The molecule has 0 aliphatic carbocycles. The molecule has 0 saturated carbocycles. The second-order valence-electron chi connectivity index (χ2n) is 6.95. The van der Waals surface area contributed by atoms with Gasteiger partial charge in [-0.3, -0.25) is 14.7 Å². The lowest BCUT2D eigenvalue weighted by Crippen LogP contribution is -2.31. The molecule has 1 amide bonds. The summed E-state index contributed by atoms with van der Waals surface area (Å²) in [5.74, 6) is -2.48. The van der Waals surface area contributed by atoms with Crippen molar-refractivity contribution in [1.29, 1.82) is 0 Å². The van der Waals surface area contributed by atoms with Crippen LogP contribution in [0.1, 0.15) is 12.0 Å². The number of anilines is 1. The number of thiazole rings is 1. The Bertz CT molecular complexity index is 1360. The minimum absolute atomic E-state index is 0.0488. The molecule has 0 aliphatic heterocycles. The van der Waals surface area contributed by atoms with Gasteiger partial charge in [-0.1, -0.05) is 35.6 Å². The number of pyridine rings is 1. The highest BCUT2D eigenvalue weighted by Gasteiger charge is 2.24. The Labute approximate surface area is 187 Å². The molecule has 2 aromatic heterocycles. The lowest BCUT2D eigenvalue weighted by atomic mass is 10.2. The second-order valence-corrected chi connectivity index (χ2v) is 10.1. The molecular weight excluding hydrogens is 456 g/mol. The number of benzene rings is 2. The van der Waals surface area contributed by atoms with Crippen molar-refractivity contribution in [2.24, 2.45) is 0 Å². The Morgan fingerprint density at radius 2 is 1.84 bits per heavy atom. The molecule has 0 fully saturated rings. The fraction of sp³-hybridized carbons (Fsp3) is 0.136. The number of sulfone groups is 1. The number of halogens is 2. The predicted octanol–water partition coefficient (Wildman–Crippen LogP) is 4.37. The summed E-state index contributed by atoms with van der Waals surface area (Å²) in [5.41, 5.74) is 0.630. The van der Waals surface area contributed by atoms with Crippen LogP contribution in [-0.4, -0.2) is 30.0 Å². The van der Waals surface area contributed by atoms with Crippen LogP contribution < -0.4 is 4.90 Å². The van der Waals surface area contributed by atoms with E-state index in [1.807, 2.05) is 0 Å². The third-order valence-corrected chi connectivity index (χ3v) is 7.44. The summed E-state index contributed by atoms with van der Waals surface area (Å²) in [7, 11) is -3.67. The maximum Gasteiger partial charge on any atom is 0.230 e. The van der Waals surface area contributed by atoms with Crippen LogP contribution in [0.2, 0.25) is 0 Å². The van der Waals surface area contributed by atoms with Gasteiger partial charge in [-0.2, -0.15) is 0 Å². The van der Waals surface area contributed by atoms with Crippen LogP contribution in [0, 0.1) is 11.6 Å². The Morgan fingerprint density at radius 3 is 2.56 bits per heavy atom. The number of amides is 1. The molecule has 0 unspecified atom stereocenters. The summed E-state index contributed by atoms with van der Waals surface area (Å²) in [6.45, 7) is 0.0575. The number of fused-ring (bicyclic) bond motifs is 1. The average Bonchev–Trinajstić information content (AvgIpc) is 3.21. The first-order chi connectivity index (χ1) is 15.3. The molecule has 4 aromatic rings. The zero-order chi connectivity index (χ0) is 22.7. The molecule has 2 aromatic carbocycles. The fourth-order valence-electron chi connectivity index (χ4n) is 3.10. The highest BCUT2D eigenvalue weighted by Crippen LogP contribution is 2.32. The van der Waals surface area contributed by atoms with Crippen LogP contribution in [-0.2, 0) is 21.2 Å². The lowest BCUT2D eigenvalue weighted by Gasteiger charge is -2.20. The summed E-state index contributed by atoms with van der Waals surface area (Å²) in [4.78, 5) is 22.7. The van der Waals surface area contributed by atoms with E-state index in [0.717, 1.165) is 23.5 Å². The first kappa shape index (κ1) is 22.0. The van der Waals surface area contributed by atoms with Crippen LogP contribution in [0.3, 0.4) is 0 Å². The largest absolute Gasteiger partial charge is 0.284 e. The van der Waals surface area contributed by atoms with E-state index in [9.17, 15) is 22.0 Å². The van der Waals surface area contributed by atoms with Crippen molar-refractivity contribution in [3.05, 3.63) is 84.2 Å². The summed E-state index contributed by atoms with van der Waals surface area (Å²) in [6.07, 6.45) is 2.84. The molecule has 0 saturated heterocycles. The van der Waals surface area contributed by atoms with Gasteiger partial charge in [0.05, 0.1) is 21.9 Å².